The molecule has 2 rings (SSSR count). The number of hydrogen-bond acceptors (Lipinski definition) is 3. The van der Waals surface area contributed by atoms with Gasteiger partial charge in [0.25, 0.3) is 0 Å². The van der Waals surface area contributed by atoms with Crippen molar-refractivity contribution in [3.8, 4) is 5.88 Å². The van der Waals surface area contributed by atoms with Crippen LogP contribution >= 0.6 is 11.6 Å². The molecule has 90 valence electrons. The highest BCUT2D eigenvalue weighted by Crippen LogP contribution is 2.21. The molecule has 0 aliphatic heterocycles. The van der Waals surface area contributed by atoms with E-state index in [2.05, 4.69) is 5.10 Å². The van der Waals surface area contributed by atoms with Gasteiger partial charge in [0, 0.05) is 17.1 Å². The maximum atomic E-state index is 6.10. The molecule has 17 heavy (non-hydrogen) atoms. The molecule has 0 bridgehead atoms. The molecule has 0 spiro atoms. The van der Waals surface area contributed by atoms with Crippen molar-refractivity contribution in [2.24, 2.45) is 5.73 Å². The molecular weight excluding hydrogens is 238 g/mol. The van der Waals surface area contributed by atoms with E-state index < -0.39 is 0 Å². The molecule has 0 atom stereocenters. The topological polar surface area (TPSA) is 53.1 Å². The zero-order chi connectivity index (χ0) is 12.3. The fourth-order valence-electron chi connectivity index (χ4n) is 1.69. The lowest BCUT2D eigenvalue weighted by atomic mass is 10.2. The van der Waals surface area contributed by atoms with Crippen molar-refractivity contribution in [1.29, 1.82) is 0 Å². The summed E-state index contributed by atoms with van der Waals surface area (Å²) in [5.41, 5.74) is 7.49. The number of aromatic nitrogens is 2. The van der Waals surface area contributed by atoms with E-state index in [1.165, 1.54) is 0 Å². The molecule has 1 aromatic carbocycles. The largest absolute Gasteiger partial charge is 0.481 e. The molecule has 2 aromatic rings. The highest BCUT2D eigenvalue weighted by atomic mass is 35.5. The minimum Gasteiger partial charge on any atom is -0.481 e. The van der Waals surface area contributed by atoms with Gasteiger partial charge in [-0.15, -0.1) is 0 Å². The van der Waals surface area contributed by atoms with Crippen molar-refractivity contribution in [3.05, 3.63) is 46.6 Å². The van der Waals surface area contributed by atoms with Crippen LogP contribution in [-0.2, 0) is 13.1 Å². The molecule has 0 saturated heterocycles. The number of hydrogen-bond donors (Lipinski definition) is 1. The van der Waals surface area contributed by atoms with Crippen LogP contribution in [0.25, 0.3) is 0 Å². The van der Waals surface area contributed by atoms with Crippen LogP contribution in [-0.4, -0.2) is 16.9 Å². The lowest BCUT2D eigenvalue weighted by Crippen LogP contribution is -2.06. The number of nitrogens with zero attached hydrogens (tertiary/aromatic N) is 2. The quantitative estimate of drug-likeness (QED) is 0.905. The summed E-state index contributed by atoms with van der Waals surface area (Å²) in [4.78, 5) is 0. The first-order valence-corrected chi connectivity index (χ1v) is 5.66. The number of halogens is 1. The van der Waals surface area contributed by atoms with Gasteiger partial charge in [-0.05, 0) is 11.6 Å². The Balaban J connectivity index is 2.30. The third-order valence-corrected chi connectivity index (χ3v) is 2.92. The van der Waals surface area contributed by atoms with Crippen molar-refractivity contribution in [1.82, 2.24) is 9.78 Å². The second kappa shape index (κ2) is 5.21. The lowest BCUT2D eigenvalue weighted by Gasteiger charge is -2.08. The van der Waals surface area contributed by atoms with Crippen molar-refractivity contribution < 1.29 is 4.74 Å². The van der Waals surface area contributed by atoms with Crippen LogP contribution in [0.1, 0.15) is 11.1 Å². The highest BCUT2D eigenvalue weighted by molar-refractivity contribution is 6.31. The van der Waals surface area contributed by atoms with E-state index in [1.807, 2.05) is 24.3 Å². The van der Waals surface area contributed by atoms with Crippen molar-refractivity contribution >= 4 is 11.6 Å². The Bertz CT molecular complexity index is 510. The predicted molar refractivity (Wildman–Crippen MR) is 67.2 cm³/mol. The third-order valence-electron chi connectivity index (χ3n) is 2.55. The summed E-state index contributed by atoms with van der Waals surface area (Å²) in [5.74, 6) is 0.687. The van der Waals surface area contributed by atoms with Gasteiger partial charge in [-0.2, -0.15) is 5.10 Å². The number of nitrogens with two attached hydrogens (primary N) is 1. The third kappa shape index (κ3) is 2.43. The first-order valence-electron chi connectivity index (χ1n) is 5.28. The van der Waals surface area contributed by atoms with Gasteiger partial charge in [0.1, 0.15) is 0 Å². The van der Waals surface area contributed by atoms with E-state index in [-0.39, 0.29) is 0 Å². The minimum atomic E-state index is 0.408. The first-order chi connectivity index (χ1) is 8.26. The van der Waals surface area contributed by atoms with Gasteiger partial charge in [0.05, 0.1) is 19.9 Å². The molecule has 0 aliphatic rings. The van der Waals surface area contributed by atoms with Gasteiger partial charge in [0.15, 0.2) is 0 Å². The number of benzene rings is 1. The Morgan fingerprint density at radius 3 is 2.76 bits per heavy atom. The second-order valence-electron chi connectivity index (χ2n) is 3.63. The van der Waals surface area contributed by atoms with Crippen LogP contribution in [0, 0.1) is 0 Å². The maximum absolute atomic E-state index is 6.10. The second-order valence-corrected chi connectivity index (χ2v) is 4.04. The van der Waals surface area contributed by atoms with E-state index in [1.54, 1.807) is 18.0 Å². The maximum Gasteiger partial charge on any atom is 0.216 e. The lowest BCUT2D eigenvalue weighted by molar-refractivity contribution is 0.363. The summed E-state index contributed by atoms with van der Waals surface area (Å²) in [6, 6.07) is 7.67. The Morgan fingerprint density at radius 1 is 1.35 bits per heavy atom. The summed E-state index contributed by atoms with van der Waals surface area (Å²) in [6.07, 6.45) is 1.72. The number of ether oxygens (including phenoxy) is 1. The average molecular weight is 252 g/mol. The monoisotopic (exact) mass is 251 g/mol. The smallest absolute Gasteiger partial charge is 0.216 e. The summed E-state index contributed by atoms with van der Waals surface area (Å²) in [7, 11) is 1.61. The molecule has 1 aromatic heterocycles. The van der Waals surface area contributed by atoms with E-state index >= 15 is 0 Å². The summed E-state index contributed by atoms with van der Waals surface area (Å²) >= 11 is 6.10. The predicted octanol–water partition coefficient (Wildman–Crippen LogP) is 2.05. The van der Waals surface area contributed by atoms with Crippen LogP contribution in [0.3, 0.4) is 0 Å². The molecule has 0 aliphatic carbocycles. The normalized spacial score (nSPS) is 10.5. The Morgan fingerprint density at radius 2 is 2.12 bits per heavy atom. The molecule has 4 nitrogen and oxygen atoms in total. The SMILES string of the molecule is COc1c(CN)cnn1Cc1ccccc1Cl. The fourth-order valence-corrected chi connectivity index (χ4v) is 1.89. The minimum absolute atomic E-state index is 0.408. The van der Waals surface area contributed by atoms with E-state index in [0.717, 1.165) is 16.1 Å². The molecular formula is C12H14ClN3O. The summed E-state index contributed by atoms with van der Waals surface area (Å²) in [5, 5.41) is 4.97. The number of methoxy groups -OCH3 is 1. The fraction of sp³-hybridized carbons (Fsp3) is 0.250. The van der Waals surface area contributed by atoms with Crippen LogP contribution in [0.4, 0.5) is 0 Å². The van der Waals surface area contributed by atoms with Crippen LogP contribution in [0.15, 0.2) is 30.5 Å². The van der Waals surface area contributed by atoms with Gasteiger partial charge in [-0.1, -0.05) is 29.8 Å². The molecule has 0 unspecified atom stereocenters. The van der Waals surface area contributed by atoms with E-state index in [0.29, 0.717) is 19.0 Å². The van der Waals surface area contributed by atoms with Gasteiger partial charge in [0.2, 0.25) is 5.88 Å². The molecule has 0 fully saturated rings. The van der Waals surface area contributed by atoms with Gasteiger partial charge in [-0.25, -0.2) is 4.68 Å². The molecule has 0 amide bonds. The summed E-state index contributed by atoms with van der Waals surface area (Å²) in [6.45, 7) is 0.981. The standard InChI is InChI=1S/C12H14ClN3O/c1-17-12-10(6-14)7-15-16(12)8-9-4-2-3-5-11(9)13/h2-5,7H,6,8,14H2,1H3. The zero-order valence-corrected chi connectivity index (χ0v) is 10.3. The van der Waals surface area contributed by atoms with Crippen molar-refractivity contribution in [3.63, 3.8) is 0 Å². The van der Waals surface area contributed by atoms with E-state index in [4.69, 9.17) is 22.1 Å². The van der Waals surface area contributed by atoms with Gasteiger partial charge < -0.3 is 10.5 Å². The zero-order valence-electron chi connectivity index (χ0n) is 9.56. The van der Waals surface area contributed by atoms with Crippen LogP contribution < -0.4 is 10.5 Å². The van der Waals surface area contributed by atoms with Gasteiger partial charge in [-0.3, -0.25) is 0 Å². The van der Waals surface area contributed by atoms with E-state index in [9.17, 15) is 0 Å². The van der Waals surface area contributed by atoms with Crippen LogP contribution in [0.5, 0.6) is 5.88 Å². The Labute approximate surface area is 105 Å². The van der Waals surface area contributed by atoms with Crippen molar-refractivity contribution in [2.45, 2.75) is 13.1 Å². The molecule has 1 heterocycles. The average Bonchev–Trinajstić information content (AvgIpc) is 2.74. The highest BCUT2D eigenvalue weighted by Gasteiger charge is 2.11. The molecule has 0 saturated carbocycles. The Hall–Kier alpha value is -1.52. The van der Waals surface area contributed by atoms with Gasteiger partial charge >= 0.3 is 0 Å². The summed E-state index contributed by atoms with van der Waals surface area (Å²) < 4.78 is 7.05. The first kappa shape index (κ1) is 12.0. The number of rotatable bonds is 4. The van der Waals surface area contributed by atoms with Crippen molar-refractivity contribution in [2.75, 3.05) is 7.11 Å². The molecule has 5 heteroatoms. The van der Waals surface area contributed by atoms with Crippen LogP contribution in [0.2, 0.25) is 5.02 Å². The molecule has 0 radical (unpaired) electrons. The Kier molecular flexibility index (Phi) is 3.66. The molecule has 2 N–H and O–H groups in total.